The van der Waals surface area contributed by atoms with Crippen LogP contribution in [0.5, 0.6) is 0 Å². The number of nitrogens with one attached hydrogen (secondary N) is 1. The van der Waals surface area contributed by atoms with E-state index in [2.05, 4.69) is 30.2 Å². The first kappa shape index (κ1) is 14.0. The first-order chi connectivity index (χ1) is 9.27. The summed E-state index contributed by atoms with van der Waals surface area (Å²) in [6, 6.07) is 10.8. The number of ether oxygens (including phenoxy) is 1. The Bertz CT molecular complexity index is 506. The molecule has 2 aromatic rings. The number of aromatic nitrogens is 1. The topological polar surface area (TPSA) is 34.1 Å². The molecule has 0 bridgehead atoms. The molecule has 0 saturated heterocycles. The van der Waals surface area contributed by atoms with Crippen LogP contribution in [0, 0.1) is 0 Å². The first-order valence-corrected chi connectivity index (χ1v) is 6.91. The van der Waals surface area contributed by atoms with Crippen LogP contribution in [-0.4, -0.2) is 24.2 Å². The van der Waals surface area contributed by atoms with Crippen molar-refractivity contribution in [3.05, 3.63) is 42.1 Å². The lowest BCUT2D eigenvalue weighted by atomic mass is 10.1. The van der Waals surface area contributed by atoms with E-state index in [9.17, 15) is 0 Å². The molecular formula is C16H22N2O. The molecule has 19 heavy (non-hydrogen) atoms. The average Bonchev–Trinajstić information content (AvgIpc) is 2.42. The van der Waals surface area contributed by atoms with E-state index in [1.807, 2.05) is 30.5 Å². The second-order valence-corrected chi connectivity index (χ2v) is 5.00. The third-order valence-electron chi connectivity index (χ3n) is 3.01. The van der Waals surface area contributed by atoms with Crippen LogP contribution in [0.3, 0.4) is 0 Å². The van der Waals surface area contributed by atoms with E-state index in [-0.39, 0.29) is 0 Å². The van der Waals surface area contributed by atoms with Crippen LogP contribution < -0.4 is 5.32 Å². The van der Waals surface area contributed by atoms with Gasteiger partial charge < -0.3 is 10.1 Å². The van der Waals surface area contributed by atoms with Crippen molar-refractivity contribution in [3.8, 4) is 0 Å². The summed E-state index contributed by atoms with van der Waals surface area (Å²) in [5.41, 5.74) is 2.24. The highest BCUT2D eigenvalue weighted by atomic mass is 16.5. The number of hydrogen-bond acceptors (Lipinski definition) is 3. The quantitative estimate of drug-likeness (QED) is 0.775. The Labute approximate surface area is 115 Å². The lowest BCUT2D eigenvalue weighted by molar-refractivity contribution is 0.119. The molecule has 1 heterocycles. The minimum Gasteiger partial charge on any atom is -0.377 e. The van der Waals surface area contributed by atoms with E-state index in [1.54, 1.807) is 0 Å². The van der Waals surface area contributed by atoms with Gasteiger partial charge >= 0.3 is 0 Å². The van der Waals surface area contributed by atoms with Gasteiger partial charge in [-0.25, -0.2) is 0 Å². The van der Waals surface area contributed by atoms with Crippen molar-refractivity contribution in [1.82, 2.24) is 10.3 Å². The number of pyridine rings is 1. The summed E-state index contributed by atoms with van der Waals surface area (Å²) in [6.45, 7) is 6.77. The maximum absolute atomic E-state index is 5.74. The van der Waals surface area contributed by atoms with Gasteiger partial charge in [0.2, 0.25) is 0 Å². The van der Waals surface area contributed by atoms with Crippen LogP contribution in [0.2, 0.25) is 0 Å². The number of hydrogen-bond donors (Lipinski definition) is 1. The lowest BCUT2D eigenvalue weighted by Gasteiger charge is -2.09. The molecule has 0 spiro atoms. The number of nitrogens with zero attached hydrogens (tertiary/aromatic N) is 1. The van der Waals surface area contributed by atoms with Crippen LogP contribution >= 0.6 is 0 Å². The van der Waals surface area contributed by atoms with E-state index in [0.29, 0.717) is 12.6 Å². The Morgan fingerprint density at radius 3 is 2.89 bits per heavy atom. The molecular weight excluding hydrogens is 236 g/mol. The lowest BCUT2D eigenvalue weighted by Crippen LogP contribution is -2.24. The highest BCUT2D eigenvalue weighted by Crippen LogP contribution is 2.16. The zero-order valence-corrected chi connectivity index (χ0v) is 11.7. The van der Waals surface area contributed by atoms with E-state index in [0.717, 1.165) is 25.1 Å². The summed E-state index contributed by atoms with van der Waals surface area (Å²) in [7, 11) is 0. The van der Waals surface area contributed by atoms with Gasteiger partial charge in [0.25, 0.3) is 0 Å². The molecule has 3 heteroatoms. The zero-order chi connectivity index (χ0) is 13.5. The van der Waals surface area contributed by atoms with Crippen LogP contribution in [-0.2, 0) is 11.3 Å². The van der Waals surface area contributed by atoms with Gasteiger partial charge in [0, 0.05) is 24.2 Å². The number of rotatable bonds is 7. The summed E-state index contributed by atoms with van der Waals surface area (Å²) in [4.78, 5) is 4.35. The minimum atomic E-state index is 0.546. The third kappa shape index (κ3) is 4.30. The molecule has 0 aliphatic heterocycles. The Kier molecular flexibility index (Phi) is 5.31. The van der Waals surface area contributed by atoms with Crippen LogP contribution in [0.4, 0.5) is 0 Å². The number of para-hydroxylation sites is 1. The van der Waals surface area contributed by atoms with Gasteiger partial charge in [0.05, 0.1) is 12.1 Å². The first-order valence-electron chi connectivity index (χ1n) is 6.91. The number of fused-ring (bicyclic) bond motifs is 1. The molecule has 0 aliphatic rings. The van der Waals surface area contributed by atoms with Crippen molar-refractivity contribution in [1.29, 1.82) is 0 Å². The molecule has 2 rings (SSSR count). The largest absolute Gasteiger partial charge is 0.377 e. The predicted octanol–water partition coefficient (Wildman–Crippen LogP) is 3.14. The van der Waals surface area contributed by atoms with Crippen molar-refractivity contribution in [2.45, 2.75) is 32.9 Å². The Hall–Kier alpha value is -1.45. The highest BCUT2D eigenvalue weighted by molar-refractivity contribution is 5.81. The fourth-order valence-electron chi connectivity index (χ4n) is 2.03. The Morgan fingerprint density at radius 1 is 1.21 bits per heavy atom. The molecule has 1 aromatic heterocycles. The van der Waals surface area contributed by atoms with Crippen LogP contribution in [0.25, 0.3) is 10.9 Å². The predicted molar refractivity (Wildman–Crippen MR) is 79.2 cm³/mol. The molecule has 1 aromatic carbocycles. The molecule has 0 radical (unpaired) electrons. The van der Waals surface area contributed by atoms with Gasteiger partial charge in [0.15, 0.2) is 0 Å². The summed E-state index contributed by atoms with van der Waals surface area (Å²) < 4.78 is 5.74. The molecule has 0 aliphatic carbocycles. The molecule has 0 unspecified atom stereocenters. The molecule has 102 valence electrons. The van der Waals surface area contributed by atoms with Gasteiger partial charge in [-0.05, 0) is 30.7 Å². The molecule has 0 fully saturated rings. The fourth-order valence-corrected chi connectivity index (χ4v) is 2.03. The van der Waals surface area contributed by atoms with Crippen molar-refractivity contribution in [2.24, 2.45) is 0 Å². The normalized spacial score (nSPS) is 11.3. The van der Waals surface area contributed by atoms with Gasteiger partial charge in [-0.2, -0.15) is 0 Å². The number of benzene rings is 1. The monoisotopic (exact) mass is 258 g/mol. The van der Waals surface area contributed by atoms with E-state index >= 15 is 0 Å². The average molecular weight is 258 g/mol. The van der Waals surface area contributed by atoms with E-state index in [1.165, 1.54) is 10.9 Å². The van der Waals surface area contributed by atoms with Gasteiger partial charge in [-0.1, -0.05) is 32.0 Å². The smallest absolute Gasteiger partial charge is 0.0723 e. The molecule has 0 saturated carbocycles. The summed E-state index contributed by atoms with van der Waals surface area (Å²) in [5, 5.41) is 4.57. The third-order valence-corrected chi connectivity index (χ3v) is 3.01. The second-order valence-electron chi connectivity index (χ2n) is 5.00. The van der Waals surface area contributed by atoms with Crippen LogP contribution in [0.1, 0.15) is 25.8 Å². The van der Waals surface area contributed by atoms with Crippen molar-refractivity contribution in [3.63, 3.8) is 0 Å². The standard InChI is InChI=1S/C16H22N2O/c1-13(2)17-9-5-11-19-12-14-8-10-18-16-7-4-3-6-15(14)16/h3-4,6-8,10,13,17H,5,9,11-12H2,1-2H3. The fraction of sp³-hybridized carbons (Fsp3) is 0.438. The Morgan fingerprint density at radius 2 is 2.05 bits per heavy atom. The van der Waals surface area contributed by atoms with Crippen LogP contribution in [0.15, 0.2) is 36.5 Å². The molecule has 0 atom stereocenters. The molecule has 0 amide bonds. The van der Waals surface area contributed by atoms with E-state index in [4.69, 9.17) is 4.74 Å². The van der Waals surface area contributed by atoms with Crippen molar-refractivity contribution >= 4 is 10.9 Å². The molecule has 3 nitrogen and oxygen atoms in total. The zero-order valence-electron chi connectivity index (χ0n) is 11.7. The molecule has 1 N–H and O–H groups in total. The minimum absolute atomic E-state index is 0.546. The van der Waals surface area contributed by atoms with Crippen molar-refractivity contribution in [2.75, 3.05) is 13.2 Å². The maximum atomic E-state index is 5.74. The SMILES string of the molecule is CC(C)NCCCOCc1ccnc2ccccc12. The van der Waals surface area contributed by atoms with Gasteiger partial charge in [0.1, 0.15) is 0 Å². The highest BCUT2D eigenvalue weighted by Gasteiger charge is 2.01. The van der Waals surface area contributed by atoms with E-state index < -0.39 is 0 Å². The van der Waals surface area contributed by atoms with Gasteiger partial charge in [-0.3, -0.25) is 4.98 Å². The maximum Gasteiger partial charge on any atom is 0.0723 e. The summed E-state index contributed by atoms with van der Waals surface area (Å²) in [5.74, 6) is 0. The summed E-state index contributed by atoms with van der Waals surface area (Å²) >= 11 is 0. The summed E-state index contributed by atoms with van der Waals surface area (Å²) in [6.07, 6.45) is 2.89. The van der Waals surface area contributed by atoms with Gasteiger partial charge in [-0.15, -0.1) is 0 Å². The second kappa shape index (κ2) is 7.22. The Balaban J connectivity index is 1.82. The van der Waals surface area contributed by atoms with Crippen molar-refractivity contribution < 1.29 is 4.74 Å².